The normalized spacial score (nSPS) is 13.0. The zero-order chi connectivity index (χ0) is 37.9. The summed E-state index contributed by atoms with van der Waals surface area (Å²) in [5, 5.41) is 16.4. The van der Waals surface area contributed by atoms with E-state index in [0.29, 0.717) is 0 Å². The Labute approximate surface area is 338 Å². The summed E-state index contributed by atoms with van der Waals surface area (Å²) in [7, 11) is 0. The average Bonchev–Trinajstić information content (AvgIpc) is 3.86. The fraction of sp³-hybridized carbons (Fsp3) is 0.0357. The summed E-state index contributed by atoms with van der Waals surface area (Å²) < 4.78 is 8.07. The Kier molecular flexibility index (Phi) is 6.78. The first-order chi connectivity index (χ1) is 28.8. The van der Waals surface area contributed by atoms with Crippen molar-refractivity contribution in [3.8, 4) is 33.4 Å². The first-order valence-electron chi connectivity index (χ1n) is 20.2. The van der Waals surface area contributed by atoms with Crippen molar-refractivity contribution >= 4 is 103 Å². The van der Waals surface area contributed by atoms with Gasteiger partial charge >= 0.3 is 0 Å². The van der Waals surface area contributed by atoms with E-state index in [1.165, 1.54) is 108 Å². The monoisotopic (exact) mass is 754 g/mol. The summed E-state index contributed by atoms with van der Waals surface area (Å²) in [6, 6.07) is 62.9. The van der Waals surface area contributed by atoms with E-state index < -0.39 is 0 Å². The summed E-state index contributed by atoms with van der Waals surface area (Å²) in [6.45, 7) is 0. The summed E-state index contributed by atoms with van der Waals surface area (Å²) in [4.78, 5) is 1.41. The molecule has 0 atom stereocenters. The lowest BCUT2D eigenvalue weighted by atomic mass is 9.83. The average molecular weight is 755 g/mol. The van der Waals surface area contributed by atoms with Crippen LogP contribution in [0, 0.1) is 0 Å². The third-order valence-electron chi connectivity index (χ3n) is 12.7. The van der Waals surface area contributed by atoms with Crippen molar-refractivity contribution in [1.82, 2.24) is 0 Å². The smallest absolute Gasteiger partial charge is 0.136 e. The molecule has 0 N–H and O–H groups in total. The van der Waals surface area contributed by atoms with Gasteiger partial charge in [-0.15, -0.1) is 11.3 Å². The highest BCUT2D eigenvalue weighted by molar-refractivity contribution is 7.20. The lowest BCUT2D eigenvalue weighted by molar-refractivity contribution is 0.669. The Balaban J connectivity index is 1.01. The van der Waals surface area contributed by atoms with Crippen LogP contribution in [-0.4, -0.2) is 0 Å². The first kappa shape index (κ1) is 32.1. The Hall–Kier alpha value is -7.00. The third-order valence-corrected chi connectivity index (χ3v) is 13.9. The van der Waals surface area contributed by atoms with Crippen LogP contribution in [0.5, 0.6) is 0 Å². The van der Waals surface area contributed by atoms with E-state index >= 15 is 0 Å². The van der Waals surface area contributed by atoms with E-state index in [-0.39, 0.29) is 0 Å². The number of allylic oxidation sites excluding steroid dienone is 1. The number of rotatable bonds is 3. The zero-order valence-corrected chi connectivity index (χ0v) is 32.4. The lowest BCUT2D eigenvalue weighted by Crippen LogP contribution is -1.93. The van der Waals surface area contributed by atoms with Crippen LogP contribution < -0.4 is 0 Å². The molecule has 2 aromatic heterocycles. The fourth-order valence-corrected chi connectivity index (χ4v) is 11.4. The largest absolute Gasteiger partial charge is 0.456 e. The van der Waals surface area contributed by atoms with E-state index in [4.69, 9.17) is 4.42 Å². The predicted octanol–water partition coefficient (Wildman–Crippen LogP) is 16.5. The molecule has 0 saturated carbocycles. The number of aryl methyl sites for hydroxylation is 1. The van der Waals surface area contributed by atoms with Gasteiger partial charge < -0.3 is 4.42 Å². The minimum Gasteiger partial charge on any atom is -0.456 e. The minimum absolute atomic E-state index is 0.921. The van der Waals surface area contributed by atoms with Crippen LogP contribution in [0.3, 0.4) is 0 Å². The maximum Gasteiger partial charge on any atom is 0.136 e. The van der Waals surface area contributed by atoms with Gasteiger partial charge in [0.1, 0.15) is 11.2 Å². The van der Waals surface area contributed by atoms with Gasteiger partial charge in [-0.25, -0.2) is 0 Å². The number of hydrogen-bond donors (Lipinski definition) is 0. The van der Waals surface area contributed by atoms with Gasteiger partial charge in [0.2, 0.25) is 0 Å². The van der Waals surface area contributed by atoms with Gasteiger partial charge in [-0.3, -0.25) is 0 Å². The molecule has 2 heterocycles. The van der Waals surface area contributed by atoms with Gasteiger partial charge in [0.25, 0.3) is 0 Å². The van der Waals surface area contributed by atoms with Crippen LogP contribution in [0.1, 0.15) is 16.9 Å². The van der Waals surface area contributed by atoms with Crippen LogP contribution >= 0.6 is 11.3 Å². The van der Waals surface area contributed by atoms with Crippen molar-refractivity contribution in [3.63, 3.8) is 0 Å². The van der Waals surface area contributed by atoms with Crippen LogP contribution in [0.2, 0.25) is 0 Å². The predicted molar refractivity (Wildman–Crippen MR) is 250 cm³/mol. The molecule has 1 aliphatic rings. The van der Waals surface area contributed by atoms with E-state index in [1.807, 2.05) is 11.3 Å². The Morgan fingerprint density at radius 1 is 0.414 bits per heavy atom. The summed E-state index contributed by atoms with van der Waals surface area (Å²) in [5.41, 5.74) is 10.8. The molecule has 13 rings (SSSR count). The van der Waals surface area contributed by atoms with Crippen molar-refractivity contribution in [2.24, 2.45) is 0 Å². The highest BCUT2D eigenvalue weighted by atomic mass is 32.1. The van der Waals surface area contributed by atoms with Gasteiger partial charge in [-0.1, -0.05) is 146 Å². The zero-order valence-electron chi connectivity index (χ0n) is 31.6. The molecule has 0 amide bonds. The molecule has 0 radical (unpaired) electrons. The molecule has 0 fully saturated rings. The molecular weight excluding hydrogens is 721 g/mol. The number of furan rings is 1. The van der Waals surface area contributed by atoms with Crippen molar-refractivity contribution < 1.29 is 4.42 Å². The van der Waals surface area contributed by atoms with Crippen LogP contribution in [0.4, 0.5) is 0 Å². The van der Waals surface area contributed by atoms with Gasteiger partial charge in [0.05, 0.1) is 0 Å². The van der Waals surface area contributed by atoms with Crippen LogP contribution in [0.25, 0.3) is 125 Å². The van der Waals surface area contributed by atoms with Crippen molar-refractivity contribution in [3.05, 3.63) is 186 Å². The van der Waals surface area contributed by atoms with Crippen LogP contribution in [0.15, 0.2) is 180 Å². The summed E-state index contributed by atoms with van der Waals surface area (Å²) >= 11 is 1.92. The molecule has 1 aliphatic carbocycles. The van der Waals surface area contributed by atoms with E-state index in [0.717, 1.165) is 35.0 Å². The van der Waals surface area contributed by atoms with E-state index in [9.17, 15) is 0 Å². The summed E-state index contributed by atoms with van der Waals surface area (Å²) in [5.74, 6) is 0. The molecule has 270 valence electrons. The van der Waals surface area contributed by atoms with Crippen molar-refractivity contribution in [2.45, 2.75) is 12.8 Å². The Morgan fingerprint density at radius 3 is 1.76 bits per heavy atom. The molecule has 0 spiro atoms. The third kappa shape index (κ3) is 4.52. The fourth-order valence-electron chi connectivity index (χ4n) is 10.2. The van der Waals surface area contributed by atoms with Gasteiger partial charge in [-0.2, -0.15) is 0 Å². The van der Waals surface area contributed by atoms with Crippen molar-refractivity contribution in [1.29, 1.82) is 0 Å². The Bertz CT molecular complexity index is 3680. The molecule has 0 aliphatic heterocycles. The van der Waals surface area contributed by atoms with Crippen molar-refractivity contribution in [2.75, 3.05) is 0 Å². The second kappa shape index (κ2) is 12.2. The van der Waals surface area contributed by atoms with Gasteiger partial charge in [0.15, 0.2) is 0 Å². The summed E-state index contributed by atoms with van der Waals surface area (Å²) in [6.07, 6.45) is 6.83. The number of fused-ring (bicyclic) bond motifs is 13. The maximum atomic E-state index is 6.70. The minimum atomic E-state index is 0.921. The molecule has 2 heteroatoms. The standard InChI is InChI=1S/C56H34OS/c1-2-14-35-33(12-1)13-11-22-39(35)53-40-17-5-7-19-42(40)54(43-20-8-6-18-41(43)53)44-27-26-36(37-15-3-4-16-38(37)44)34-24-25-47-50(32-34)57-49-30-28-46-45(55(47)49)29-31-52-56(46)48-21-9-10-23-51(48)58-52/h1-8,10-20,22-32H,9,21H2. The topological polar surface area (TPSA) is 13.1 Å². The molecule has 0 unspecified atom stereocenters. The number of thiophene rings is 1. The van der Waals surface area contributed by atoms with Gasteiger partial charge in [-0.05, 0) is 142 Å². The first-order valence-corrected chi connectivity index (χ1v) is 21.0. The molecule has 12 aromatic rings. The second-order valence-corrected chi connectivity index (χ2v) is 16.8. The molecule has 1 nitrogen and oxygen atoms in total. The maximum absolute atomic E-state index is 6.70. The van der Waals surface area contributed by atoms with Gasteiger partial charge in [0, 0.05) is 25.7 Å². The van der Waals surface area contributed by atoms with E-state index in [2.05, 4.69) is 182 Å². The highest BCUT2D eigenvalue weighted by Crippen LogP contribution is 2.48. The quantitative estimate of drug-likeness (QED) is 0.164. The SMILES string of the molecule is C1=Cc2sc3ccc4c(ccc5oc6cc(-c7ccc(-c8c9ccccc9c(-c9cccc%10ccccc9%10)c9ccccc89)c8ccccc78)ccc6c54)c3c2CC1. The highest BCUT2D eigenvalue weighted by Gasteiger charge is 2.22. The molecule has 58 heavy (non-hydrogen) atoms. The molecular formula is C56H34OS. The second-order valence-electron chi connectivity index (χ2n) is 15.7. The molecule has 0 saturated heterocycles. The van der Waals surface area contributed by atoms with E-state index in [1.54, 1.807) is 0 Å². The molecule has 0 bridgehead atoms. The number of benzene rings is 10. The van der Waals surface area contributed by atoms with Crippen LogP contribution in [-0.2, 0) is 6.42 Å². The number of hydrogen-bond acceptors (Lipinski definition) is 2. The Morgan fingerprint density at radius 2 is 1.00 bits per heavy atom. The molecule has 10 aromatic carbocycles. The lowest BCUT2D eigenvalue weighted by Gasteiger charge is -2.20.